The smallest absolute Gasteiger partial charge is 0.146 e. The van der Waals surface area contributed by atoms with Crippen LogP contribution in [0, 0.1) is 0 Å². The molecule has 6 nitrogen and oxygen atoms in total. The minimum atomic E-state index is 0.492. The topological polar surface area (TPSA) is 53.5 Å². The van der Waals surface area contributed by atoms with Gasteiger partial charge in [0.15, 0.2) is 0 Å². The molecule has 1 N–H and O–H groups in total. The van der Waals surface area contributed by atoms with Crippen molar-refractivity contribution in [3.05, 3.63) is 17.0 Å². The van der Waals surface area contributed by atoms with Crippen LogP contribution in [0.4, 0.5) is 5.82 Å². The molecule has 2 heterocycles. The number of likely N-dealkylation sites (N-methyl/N-ethyl adjacent to an activating group) is 1. The Hall–Kier alpha value is -0.950. The second kappa shape index (κ2) is 7.73. The summed E-state index contributed by atoms with van der Waals surface area (Å²) in [5.41, 5.74) is 0. The average Bonchev–Trinajstić information content (AvgIpc) is 2.44. The summed E-state index contributed by atoms with van der Waals surface area (Å²) in [5.74, 6) is 1.62. The Labute approximate surface area is 125 Å². The van der Waals surface area contributed by atoms with E-state index in [0.29, 0.717) is 11.7 Å². The van der Waals surface area contributed by atoms with Crippen LogP contribution >= 0.6 is 11.6 Å². The zero-order chi connectivity index (χ0) is 14.4. The summed E-state index contributed by atoms with van der Waals surface area (Å²) in [5, 5.41) is 3.81. The standard InChI is InChI=1S/C13H22ClN5O/c1-18(2)4-3-15-10-12-16-11(14)9-13(17-12)19-5-7-20-8-6-19/h9,15H,3-8,10H2,1-2H3. The predicted octanol–water partition coefficient (Wildman–Crippen LogP) is 0.618. The summed E-state index contributed by atoms with van der Waals surface area (Å²) in [4.78, 5) is 13.1. The van der Waals surface area contributed by atoms with E-state index in [2.05, 4.69) is 25.1 Å². The highest BCUT2D eigenvalue weighted by Gasteiger charge is 2.14. The van der Waals surface area contributed by atoms with E-state index in [0.717, 1.165) is 51.0 Å². The molecule has 1 aliphatic heterocycles. The van der Waals surface area contributed by atoms with E-state index in [9.17, 15) is 0 Å². The van der Waals surface area contributed by atoms with Crippen molar-refractivity contribution in [1.82, 2.24) is 20.2 Å². The lowest BCUT2D eigenvalue weighted by molar-refractivity contribution is 0.122. The van der Waals surface area contributed by atoms with Crippen molar-refractivity contribution in [2.75, 3.05) is 58.4 Å². The highest BCUT2D eigenvalue weighted by molar-refractivity contribution is 6.29. The van der Waals surface area contributed by atoms with E-state index in [-0.39, 0.29) is 0 Å². The Bertz CT molecular complexity index is 423. The SMILES string of the molecule is CN(C)CCNCc1nc(Cl)cc(N2CCOCC2)n1. The maximum atomic E-state index is 6.09. The molecule has 1 saturated heterocycles. The van der Waals surface area contributed by atoms with Gasteiger partial charge in [0.25, 0.3) is 0 Å². The molecule has 1 aromatic heterocycles. The van der Waals surface area contributed by atoms with Crippen LogP contribution in [0.3, 0.4) is 0 Å². The zero-order valence-corrected chi connectivity index (χ0v) is 12.9. The van der Waals surface area contributed by atoms with Crippen molar-refractivity contribution in [3.8, 4) is 0 Å². The van der Waals surface area contributed by atoms with Gasteiger partial charge in [-0.3, -0.25) is 0 Å². The lowest BCUT2D eigenvalue weighted by atomic mass is 10.4. The van der Waals surface area contributed by atoms with Crippen LogP contribution in [0.5, 0.6) is 0 Å². The van der Waals surface area contributed by atoms with Crippen molar-refractivity contribution < 1.29 is 4.74 Å². The normalized spacial score (nSPS) is 15.9. The number of hydrogen-bond donors (Lipinski definition) is 1. The van der Waals surface area contributed by atoms with Crippen molar-refractivity contribution in [3.63, 3.8) is 0 Å². The van der Waals surface area contributed by atoms with E-state index < -0.39 is 0 Å². The van der Waals surface area contributed by atoms with Gasteiger partial charge in [0, 0.05) is 32.2 Å². The van der Waals surface area contributed by atoms with Gasteiger partial charge < -0.3 is 19.9 Å². The van der Waals surface area contributed by atoms with E-state index in [1.165, 1.54) is 0 Å². The summed E-state index contributed by atoms with van der Waals surface area (Å²) >= 11 is 6.09. The van der Waals surface area contributed by atoms with E-state index in [1.807, 2.05) is 20.2 Å². The number of morpholine rings is 1. The lowest BCUT2D eigenvalue weighted by Gasteiger charge is -2.28. The van der Waals surface area contributed by atoms with Gasteiger partial charge in [-0.15, -0.1) is 0 Å². The van der Waals surface area contributed by atoms with Crippen molar-refractivity contribution >= 4 is 17.4 Å². The maximum absolute atomic E-state index is 6.09. The van der Waals surface area contributed by atoms with Crippen LogP contribution in [0.1, 0.15) is 5.82 Å². The number of halogens is 1. The van der Waals surface area contributed by atoms with Gasteiger partial charge in [-0.1, -0.05) is 11.6 Å². The predicted molar refractivity (Wildman–Crippen MR) is 80.3 cm³/mol. The minimum Gasteiger partial charge on any atom is -0.378 e. The molecule has 0 bridgehead atoms. The molecule has 0 saturated carbocycles. The van der Waals surface area contributed by atoms with Crippen LogP contribution in [0.25, 0.3) is 0 Å². The number of rotatable bonds is 6. The molecule has 7 heteroatoms. The molecule has 2 rings (SSSR count). The third-order valence-corrected chi connectivity index (χ3v) is 3.28. The molecule has 0 spiro atoms. The van der Waals surface area contributed by atoms with Gasteiger partial charge in [0.05, 0.1) is 19.8 Å². The molecular formula is C13H22ClN5O. The molecule has 0 amide bonds. The number of nitrogens with one attached hydrogen (secondary N) is 1. The van der Waals surface area contributed by atoms with Gasteiger partial charge in [0.1, 0.15) is 16.8 Å². The molecule has 0 atom stereocenters. The molecule has 0 unspecified atom stereocenters. The van der Waals surface area contributed by atoms with E-state index >= 15 is 0 Å². The van der Waals surface area contributed by atoms with Crippen molar-refractivity contribution in [2.45, 2.75) is 6.54 Å². The highest BCUT2D eigenvalue weighted by atomic mass is 35.5. The fourth-order valence-corrected chi connectivity index (χ4v) is 2.18. The first-order chi connectivity index (χ1) is 9.65. The van der Waals surface area contributed by atoms with Crippen molar-refractivity contribution in [1.29, 1.82) is 0 Å². The van der Waals surface area contributed by atoms with Gasteiger partial charge in [-0.25, -0.2) is 9.97 Å². The summed E-state index contributed by atoms with van der Waals surface area (Å²) in [6.45, 7) is 5.68. The summed E-state index contributed by atoms with van der Waals surface area (Å²) < 4.78 is 5.35. The number of nitrogens with zero attached hydrogens (tertiary/aromatic N) is 4. The summed E-state index contributed by atoms with van der Waals surface area (Å²) in [6, 6.07) is 1.82. The monoisotopic (exact) mass is 299 g/mol. The minimum absolute atomic E-state index is 0.492. The number of aromatic nitrogens is 2. The molecule has 20 heavy (non-hydrogen) atoms. The number of ether oxygens (including phenoxy) is 1. The van der Waals surface area contributed by atoms with Crippen LogP contribution < -0.4 is 10.2 Å². The lowest BCUT2D eigenvalue weighted by Crippen LogP contribution is -2.37. The van der Waals surface area contributed by atoms with Gasteiger partial charge >= 0.3 is 0 Å². The van der Waals surface area contributed by atoms with Crippen LogP contribution in [-0.2, 0) is 11.3 Å². The van der Waals surface area contributed by atoms with Crippen molar-refractivity contribution in [2.24, 2.45) is 0 Å². The fourth-order valence-electron chi connectivity index (χ4n) is 1.99. The number of hydrogen-bond acceptors (Lipinski definition) is 6. The third-order valence-electron chi connectivity index (χ3n) is 3.08. The first kappa shape index (κ1) is 15.4. The quantitative estimate of drug-likeness (QED) is 0.614. The Morgan fingerprint density at radius 1 is 1.35 bits per heavy atom. The average molecular weight is 300 g/mol. The van der Waals surface area contributed by atoms with Gasteiger partial charge in [-0.2, -0.15) is 0 Å². The molecule has 1 aliphatic rings. The van der Waals surface area contributed by atoms with Crippen LogP contribution in [-0.4, -0.2) is 68.4 Å². The molecule has 0 aliphatic carbocycles. The fraction of sp³-hybridized carbons (Fsp3) is 0.692. The zero-order valence-electron chi connectivity index (χ0n) is 12.1. The second-order valence-electron chi connectivity index (χ2n) is 5.04. The molecule has 0 aromatic carbocycles. The van der Waals surface area contributed by atoms with E-state index in [1.54, 1.807) is 0 Å². The summed E-state index contributed by atoms with van der Waals surface area (Å²) in [7, 11) is 4.10. The first-order valence-electron chi connectivity index (χ1n) is 6.87. The molecular weight excluding hydrogens is 278 g/mol. The summed E-state index contributed by atoms with van der Waals surface area (Å²) in [6.07, 6.45) is 0. The number of anilines is 1. The van der Waals surface area contributed by atoms with Crippen LogP contribution in [0.2, 0.25) is 5.15 Å². The third kappa shape index (κ3) is 4.86. The molecule has 1 fully saturated rings. The Morgan fingerprint density at radius 3 is 2.80 bits per heavy atom. The Balaban J connectivity index is 1.93. The van der Waals surface area contributed by atoms with Crippen LogP contribution in [0.15, 0.2) is 6.07 Å². The van der Waals surface area contributed by atoms with E-state index in [4.69, 9.17) is 16.3 Å². The maximum Gasteiger partial charge on any atom is 0.146 e. The second-order valence-corrected chi connectivity index (χ2v) is 5.43. The molecule has 0 radical (unpaired) electrons. The molecule has 1 aromatic rings. The Kier molecular flexibility index (Phi) is 5.97. The van der Waals surface area contributed by atoms with Gasteiger partial charge in [0.2, 0.25) is 0 Å². The first-order valence-corrected chi connectivity index (χ1v) is 7.24. The highest BCUT2D eigenvalue weighted by Crippen LogP contribution is 2.17. The largest absolute Gasteiger partial charge is 0.378 e. The van der Waals surface area contributed by atoms with Gasteiger partial charge in [-0.05, 0) is 14.1 Å². The Morgan fingerprint density at radius 2 is 2.10 bits per heavy atom. The molecule has 112 valence electrons.